The van der Waals surface area contributed by atoms with E-state index in [0.29, 0.717) is 23.6 Å². The van der Waals surface area contributed by atoms with Gasteiger partial charge in [0.1, 0.15) is 0 Å². The summed E-state index contributed by atoms with van der Waals surface area (Å²) in [5.74, 6) is 1.34. The predicted molar refractivity (Wildman–Crippen MR) is 80.2 cm³/mol. The van der Waals surface area contributed by atoms with E-state index < -0.39 is 0 Å². The molecule has 5 rings (SSSR count). The molecule has 3 fully saturated rings. The molecule has 2 bridgehead atoms. The van der Waals surface area contributed by atoms with Gasteiger partial charge in [-0.15, -0.1) is 0 Å². The smallest absolute Gasteiger partial charge is 0.272 e. The van der Waals surface area contributed by atoms with Crippen molar-refractivity contribution in [2.75, 3.05) is 19.6 Å². The normalized spacial score (nSPS) is 34.5. The van der Waals surface area contributed by atoms with Crippen molar-refractivity contribution in [3.8, 4) is 0 Å². The minimum absolute atomic E-state index is 0.0281. The molecule has 3 aliphatic heterocycles. The number of nitrogens with zero attached hydrogens (tertiary/aromatic N) is 2. The standard InChI is InChI=1S/C16H24N4O/c1-10-2-3-13-12(8-10)15(19-18-13)16(21)17-14-9-20-6-4-11(14)5-7-20/h10-11,14H,2-9H2,1H3,(H,17,21)(H,18,19)/t10-,14-/m0/s1. The van der Waals surface area contributed by atoms with Crippen LogP contribution in [0.25, 0.3) is 0 Å². The third kappa shape index (κ3) is 2.37. The first-order valence-electron chi connectivity index (χ1n) is 8.30. The van der Waals surface area contributed by atoms with E-state index in [1.165, 1.54) is 38.0 Å². The van der Waals surface area contributed by atoms with Gasteiger partial charge in [0.2, 0.25) is 0 Å². The first-order valence-corrected chi connectivity index (χ1v) is 8.30. The fraction of sp³-hybridized carbons (Fsp3) is 0.750. The van der Waals surface area contributed by atoms with Crippen molar-refractivity contribution in [3.05, 3.63) is 17.0 Å². The van der Waals surface area contributed by atoms with Gasteiger partial charge in [-0.05, 0) is 57.0 Å². The van der Waals surface area contributed by atoms with Gasteiger partial charge in [0, 0.05) is 23.8 Å². The highest BCUT2D eigenvalue weighted by molar-refractivity contribution is 5.94. The quantitative estimate of drug-likeness (QED) is 0.864. The Morgan fingerprint density at radius 1 is 1.33 bits per heavy atom. The molecule has 3 saturated heterocycles. The Hall–Kier alpha value is -1.36. The zero-order valence-corrected chi connectivity index (χ0v) is 12.7. The van der Waals surface area contributed by atoms with Crippen molar-refractivity contribution in [2.45, 2.75) is 45.1 Å². The van der Waals surface area contributed by atoms with Crippen LogP contribution in [0.1, 0.15) is 47.9 Å². The fourth-order valence-electron chi connectivity index (χ4n) is 4.22. The van der Waals surface area contributed by atoms with Crippen molar-refractivity contribution in [3.63, 3.8) is 0 Å². The highest BCUT2D eigenvalue weighted by Crippen LogP contribution is 2.29. The van der Waals surface area contributed by atoms with E-state index in [1.54, 1.807) is 0 Å². The summed E-state index contributed by atoms with van der Waals surface area (Å²) in [6.45, 7) is 5.67. The van der Waals surface area contributed by atoms with E-state index in [9.17, 15) is 4.79 Å². The van der Waals surface area contributed by atoms with Gasteiger partial charge in [-0.3, -0.25) is 9.89 Å². The van der Waals surface area contributed by atoms with Gasteiger partial charge in [0.05, 0.1) is 0 Å². The van der Waals surface area contributed by atoms with Gasteiger partial charge in [0.25, 0.3) is 5.91 Å². The number of aromatic nitrogens is 2. The average Bonchev–Trinajstić information content (AvgIpc) is 2.91. The van der Waals surface area contributed by atoms with Gasteiger partial charge in [-0.1, -0.05) is 6.92 Å². The largest absolute Gasteiger partial charge is 0.346 e. The fourth-order valence-corrected chi connectivity index (χ4v) is 4.22. The number of fused-ring (bicyclic) bond motifs is 4. The van der Waals surface area contributed by atoms with Crippen LogP contribution in [0, 0.1) is 11.8 Å². The molecule has 4 heterocycles. The van der Waals surface area contributed by atoms with Gasteiger partial charge in [0.15, 0.2) is 5.69 Å². The zero-order chi connectivity index (χ0) is 14.4. The lowest BCUT2D eigenvalue weighted by molar-refractivity contribution is 0.0617. The third-order valence-corrected chi connectivity index (χ3v) is 5.58. The van der Waals surface area contributed by atoms with Gasteiger partial charge < -0.3 is 10.2 Å². The van der Waals surface area contributed by atoms with Gasteiger partial charge in [-0.25, -0.2) is 0 Å². The second-order valence-electron chi connectivity index (χ2n) is 7.10. The molecule has 2 atom stereocenters. The lowest BCUT2D eigenvalue weighted by atomic mass is 9.83. The maximum absolute atomic E-state index is 12.6. The number of carbonyl (C=O) groups excluding carboxylic acids is 1. The molecule has 0 spiro atoms. The van der Waals surface area contributed by atoms with Crippen molar-refractivity contribution in [1.82, 2.24) is 20.4 Å². The lowest BCUT2D eigenvalue weighted by Crippen LogP contribution is -2.57. The molecular formula is C16H24N4O. The summed E-state index contributed by atoms with van der Waals surface area (Å²) in [6.07, 6.45) is 5.64. The predicted octanol–water partition coefficient (Wildman–Crippen LogP) is 1.36. The molecule has 1 aromatic heterocycles. The number of hydrogen-bond donors (Lipinski definition) is 2. The summed E-state index contributed by atoms with van der Waals surface area (Å²) in [5, 5.41) is 10.6. The molecule has 1 amide bonds. The SMILES string of the molecule is C[C@H]1CCc2[nH]nc(C(=O)N[C@H]3CN4CCC3CC4)c2C1. The molecule has 5 nitrogen and oxygen atoms in total. The minimum atomic E-state index is 0.0281. The third-order valence-electron chi connectivity index (χ3n) is 5.58. The van der Waals surface area contributed by atoms with Crippen LogP contribution in [0.5, 0.6) is 0 Å². The number of rotatable bonds is 2. The van der Waals surface area contributed by atoms with Crippen LogP contribution in [-0.2, 0) is 12.8 Å². The first kappa shape index (κ1) is 13.3. The Labute approximate surface area is 125 Å². The number of aryl methyl sites for hydroxylation is 1. The second kappa shape index (κ2) is 5.13. The number of amides is 1. The summed E-state index contributed by atoms with van der Waals surface area (Å²) in [6, 6.07) is 0.313. The van der Waals surface area contributed by atoms with Crippen LogP contribution in [-0.4, -0.2) is 46.7 Å². The molecular weight excluding hydrogens is 264 g/mol. The van der Waals surface area contributed by atoms with Crippen LogP contribution in [0.15, 0.2) is 0 Å². The molecule has 4 aliphatic rings. The Kier molecular flexibility index (Phi) is 3.25. The Balaban J connectivity index is 1.49. The summed E-state index contributed by atoms with van der Waals surface area (Å²) in [5.41, 5.74) is 2.98. The molecule has 0 radical (unpaired) electrons. The number of hydrogen-bond acceptors (Lipinski definition) is 3. The van der Waals surface area contributed by atoms with E-state index in [1.807, 2.05) is 0 Å². The molecule has 2 N–H and O–H groups in total. The minimum Gasteiger partial charge on any atom is -0.346 e. The summed E-state index contributed by atoms with van der Waals surface area (Å²) >= 11 is 0. The molecule has 0 saturated carbocycles. The number of carbonyl (C=O) groups is 1. The maximum Gasteiger partial charge on any atom is 0.272 e. The van der Waals surface area contributed by atoms with Crippen LogP contribution in [0.4, 0.5) is 0 Å². The van der Waals surface area contributed by atoms with Crippen molar-refractivity contribution in [1.29, 1.82) is 0 Å². The van der Waals surface area contributed by atoms with Crippen LogP contribution < -0.4 is 5.32 Å². The highest BCUT2D eigenvalue weighted by Gasteiger charge is 2.36. The van der Waals surface area contributed by atoms with Crippen LogP contribution in [0.2, 0.25) is 0 Å². The van der Waals surface area contributed by atoms with Gasteiger partial charge >= 0.3 is 0 Å². The molecule has 1 aromatic rings. The number of aromatic amines is 1. The zero-order valence-electron chi connectivity index (χ0n) is 12.7. The first-order chi connectivity index (χ1) is 10.2. The molecule has 114 valence electrons. The molecule has 21 heavy (non-hydrogen) atoms. The van der Waals surface area contributed by atoms with Crippen molar-refractivity contribution in [2.24, 2.45) is 11.8 Å². The molecule has 5 heteroatoms. The van der Waals surface area contributed by atoms with E-state index >= 15 is 0 Å². The Bertz CT molecular complexity index is 544. The topological polar surface area (TPSA) is 61.0 Å². The average molecular weight is 288 g/mol. The highest BCUT2D eigenvalue weighted by atomic mass is 16.2. The Morgan fingerprint density at radius 2 is 2.14 bits per heavy atom. The number of piperidine rings is 3. The van der Waals surface area contributed by atoms with E-state index in [0.717, 1.165) is 24.9 Å². The van der Waals surface area contributed by atoms with Crippen molar-refractivity contribution < 1.29 is 4.79 Å². The summed E-state index contributed by atoms with van der Waals surface area (Å²) < 4.78 is 0. The van der Waals surface area contributed by atoms with Crippen molar-refractivity contribution >= 4 is 5.91 Å². The monoisotopic (exact) mass is 288 g/mol. The summed E-state index contributed by atoms with van der Waals surface area (Å²) in [4.78, 5) is 15.1. The summed E-state index contributed by atoms with van der Waals surface area (Å²) in [7, 11) is 0. The number of nitrogens with one attached hydrogen (secondary N) is 2. The Morgan fingerprint density at radius 3 is 2.86 bits per heavy atom. The second-order valence-corrected chi connectivity index (χ2v) is 7.10. The van der Waals surface area contributed by atoms with E-state index in [2.05, 4.69) is 27.3 Å². The molecule has 1 aliphatic carbocycles. The van der Waals surface area contributed by atoms with Crippen LogP contribution >= 0.6 is 0 Å². The number of H-pyrrole nitrogens is 1. The molecule has 0 unspecified atom stereocenters. The van der Waals surface area contributed by atoms with Crippen LogP contribution in [0.3, 0.4) is 0 Å². The van der Waals surface area contributed by atoms with E-state index in [-0.39, 0.29) is 5.91 Å². The van der Waals surface area contributed by atoms with E-state index in [4.69, 9.17) is 0 Å². The maximum atomic E-state index is 12.6. The van der Waals surface area contributed by atoms with Gasteiger partial charge in [-0.2, -0.15) is 5.10 Å². The lowest BCUT2D eigenvalue weighted by Gasteiger charge is -2.44. The molecule has 0 aromatic carbocycles.